The fraction of sp³-hybridized carbons (Fsp3) is 0.533. The predicted molar refractivity (Wildman–Crippen MR) is 78.1 cm³/mol. The van der Waals surface area contributed by atoms with Crippen LogP contribution in [0.3, 0.4) is 0 Å². The number of halogens is 2. The van der Waals surface area contributed by atoms with Gasteiger partial charge in [-0.25, -0.2) is 8.78 Å². The highest BCUT2D eigenvalue weighted by atomic mass is 28.4. The van der Waals surface area contributed by atoms with Crippen LogP contribution in [0.25, 0.3) is 0 Å². The van der Waals surface area contributed by atoms with E-state index in [1.807, 2.05) is 13.1 Å². The Balaban J connectivity index is 3.13. The van der Waals surface area contributed by atoms with E-state index >= 15 is 0 Å². The molecule has 0 amide bonds. The van der Waals surface area contributed by atoms with Crippen LogP contribution < -0.4 is 0 Å². The minimum atomic E-state index is -2.18. The second-order valence-electron chi connectivity index (χ2n) is 6.41. The van der Waals surface area contributed by atoms with Crippen molar-refractivity contribution in [3.8, 4) is 0 Å². The lowest BCUT2D eigenvalue weighted by molar-refractivity contribution is -0.109. The summed E-state index contributed by atoms with van der Waals surface area (Å²) in [6.07, 6.45) is -0.0289. The first-order chi connectivity index (χ1) is 9.10. The maximum absolute atomic E-state index is 13.9. The van der Waals surface area contributed by atoms with Crippen LogP contribution in [0.5, 0.6) is 0 Å². The molecule has 0 spiro atoms. The van der Waals surface area contributed by atoms with Crippen LogP contribution in [0.15, 0.2) is 18.2 Å². The summed E-state index contributed by atoms with van der Waals surface area (Å²) in [7, 11) is -2.18. The van der Waals surface area contributed by atoms with Crippen LogP contribution in [0, 0.1) is 11.6 Å². The van der Waals surface area contributed by atoms with E-state index in [0.717, 1.165) is 6.07 Å². The van der Waals surface area contributed by atoms with Crippen molar-refractivity contribution in [3.05, 3.63) is 35.4 Å². The van der Waals surface area contributed by atoms with Crippen molar-refractivity contribution < 1.29 is 18.0 Å². The predicted octanol–water partition coefficient (Wildman–Crippen LogP) is 4.62. The minimum absolute atomic E-state index is 0.0207. The molecule has 0 bridgehead atoms. The summed E-state index contributed by atoms with van der Waals surface area (Å²) in [6, 6.07) is 3.96. The van der Waals surface area contributed by atoms with Crippen LogP contribution >= 0.6 is 0 Å². The molecule has 1 aromatic rings. The van der Waals surface area contributed by atoms with E-state index in [1.165, 1.54) is 12.1 Å². The number of benzene rings is 1. The van der Waals surface area contributed by atoms with E-state index in [0.29, 0.717) is 6.29 Å². The highest BCUT2D eigenvalue weighted by Gasteiger charge is 2.39. The first kappa shape index (κ1) is 17.0. The van der Waals surface area contributed by atoms with Gasteiger partial charge in [0.1, 0.15) is 6.29 Å². The van der Waals surface area contributed by atoms with E-state index < -0.39 is 26.1 Å². The third-order valence-corrected chi connectivity index (χ3v) is 8.37. The minimum Gasteiger partial charge on any atom is -0.409 e. The average molecular weight is 300 g/mol. The molecule has 1 unspecified atom stereocenters. The number of rotatable bonds is 5. The molecule has 1 rings (SSSR count). The fourth-order valence-corrected chi connectivity index (χ4v) is 2.92. The number of hydrogen-bond acceptors (Lipinski definition) is 2. The number of carbonyl (C=O) groups excluding carboxylic acids is 1. The zero-order chi connectivity index (χ0) is 15.6. The van der Waals surface area contributed by atoms with Crippen molar-refractivity contribution in [3.63, 3.8) is 0 Å². The molecule has 0 N–H and O–H groups in total. The molecule has 0 heterocycles. The lowest BCUT2D eigenvalue weighted by Crippen LogP contribution is -2.42. The van der Waals surface area contributed by atoms with Crippen LogP contribution in [0.4, 0.5) is 8.78 Å². The standard InChI is InChI=1S/C15H22F2O2Si/c1-15(2,3)20(4,5)19-13(9-10-18)11-7-6-8-12(16)14(11)17/h6-8,10,13H,9H2,1-5H3. The number of carbonyl (C=O) groups is 1. The van der Waals surface area contributed by atoms with Crippen LogP contribution in [0.1, 0.15) is 38.9 Å². The molecule has 1 aromatic carbocycles. The summed E-state index contributed by atoms with van der Waals surface area (Å²) in [5, 5.41) is -0.0715. The lowest BCUT2D eigenvalue weighted by atomic mass is 10.1. The highest BCUT2D eigenvalue weighted by Crippen LogP contribution is 2.40. The lowest BCUT2D eigenvalue weighted by Gasteiger charge is -2.39. The molecule has 0 saturated carbocycles. The molecule has 0 aliphatic carbocycles. The Kier molecular flexibility index (Phi) is 5.21. The Morgan fingerprint density at radius 1 is 1.30 bits per heavy atom. The Hall–Kier alpha value is -1.07. The smallest absolute Gasteiger partial charge is 0.192 e. The first-order valence-corrected chi connectivity index (χ1v) is 9.56. The molecule has 0 aliphatic heterocycles. The number of hydrogen-bond donors (Lipinski definition) is 0. The van der Waals surface area contributed by atoms with Crippen molar-refractivity contribution in [2.75, 3.05) is 0 Å². The average Bonchev–Trinajstić information content (AvgIpc) is 2.30. The summed E-state index contributed by atoms with van der Waals surface area (Å²) in [6.45, 7) is 10.2. The molecular weight excluding hydrogens is 278 g/mol. The third-order valence-electron chi connectivity index (χ3n) is 3.88. The van der Waals surface area contributed by atoms with Gasteiger partial charge in [0.25, 0.3) is 0 Å². The molecular formula is C15H22F2O2Si. The van der Waals surface area contributed by atoms with E-state index in [4.69, 9.17) is 4.43 Å². The summed E-state index contributed by atoms with van der Waals surface area (Å²) < 4.78 is 33.3. The zero-order valence-corrected chi connectivity index (χ0v) is 13.7. The van der Waals surface area contributed by atoms with Gasteiger partial charge >= 0.3 is 0 Å². The number of aldehydes is 1. The molecule has 5 heteroatoms. The molecule has 2 nitrogen and oxygen atoms in total. The van der Waals surface area contributed by atoms with Gasteiger partial charge in [-0.15, -0.1) is 0 Å². The fourth-order valence-electron chi connectivity index (χ4n) is 1.63. The Morgan fingerprint density at radius 2 is 1.90 bits per heavy atom. The second kappa shape index (κ2) is 6.14. The molecule has 0 fully saturated rings. The van der Waals surface area contributed by atoms with Crippen molar-refractivity contribution in [1.82, 2.24) is 0 Å². The SMILES string of the molecule is CC(C)(C)[Si](C)(C)OC(CC=O)c1cccc(F)c1F. The summed E-state index contributed by atoms with van der Waals surface area (Å²) in [5.74, 6) is -1.85. The van der Waals surface area contributed by atoms with Gasteiger partial charge in [0.05, 0.1) is 6.10 Å². The Labute approximate surface area is 120 Å². The summed E-state index contributed by atoms with van der Waals surface area (Å²) in [5.41, 5.74) is 0.113. The van der Waals surface area contributed by atoms with Gasteiger partial charge in [0.2, 0.25) is 0 Å². The quantitative estimate of drug-likeness (QED) is 0.586. The van der Waals surface area contributed by atoms with E-state index in [1.54, 1.807) is 0 Å². The molecule has 1 atom stereocenters. The summed E-state index contributed by atoms with van der Waals surface area (Å²) in [4.78, 5) is 10.8. The van der Waals surface area contributed by atoms with E-state index in [-0.39, 0.29) is 17.0 Å². The van der Waals surface area contributed by atoms with Crippen molar-refractivity contribution in [1.29, 1.82) is 0 Å². The van der Waals surface area contributed by atoms with Gasteiger partial charge in [0.15, 0.2) is 20.0 Å². The molecule has 20 heavy (non-hydrogen) atoms. The maximum atomic E-state index is 13.9. The molecule has 0 aliphatic rings. The molecule has 0 radical (unpaired) electrons. The topological polar surface area (TPSA) is 26.3 Å². The Bertz CT molecular complexity index is 481. The van der Waals surface area contributed by atoms with Crippen molar-refractivity contribution >= 4 is 14.6 Å². The van der Waals surface area contributed by atoms with Crippen LogP contribution in [-0.4, -0.2) is 14.6 Å². The summed E-state index contributed by atoms with van der Waals surface area (Å²) >= 11 is 0. The zero-order valence-electron chi connectivity index (χ0n) is 12.7. The maximum Gasteiger partial charge on any atom is 0.192 e. The van der Waals surface area contributed by atoms with Gasteiger partial charge in [-0.05, 0) is 24.2 Å². The van der Waals surface area contributed by atoms with Gasteiger partial charge in [0, 0.05) is 12.0 Å². The third kappa shape index (κ3) is 3.73. The van der Waals surface area contributed by atoms with Gasteiger partial charge in [-0.3, -0.25) is 0 Å². The molecule has 0 saturated heterocycles. The van der Waals surface area contributed by atoms with Crippen LogP contribution in [-0.2, 0) is 9.22 Å². The van der Waals surface area contributed by atoms with E-state index in [2.05, 4.69) is 20.8 Å². The van der Waals surface area contributed by atoms with Crippen molar-refractivity contribution in [2.24, 2.45) is 0 Å². The molecule has 112 valence electrons. The Morgan fingerprint density at radius 3 is 2.40 bits per heavy atom. The second-order valence-corrected chi connectivity index (χ2v) is 11.2. The van der Waals surface area contributed by atoms with Gasteiger partial charge in [-0.1, -0.05) is 32.9 Å². The van der Waals surface area contributed by atoms with Gasteiger partial charge in [-0.2, -0.15) is 0 Å². The largest absolute Gasteiger partial charge is 0.409 e. The normalized spacial score (nSPS) is 14.2. The highest BCUT2D eigenvalue weighted by molar-refractivity contribution is 6.74. The first-order valence-electron chi connectivity index (χ1n) is 6.65. The van der Waals surface area contributed by atoms with Crippen LogP contribution in [0.2, 0.25) is 18.1 Å². The van der Waals surface area contributed by atoms with Crippen molar-refractivity contribution in [2.45, 2.75) is 51.4 Å². The monoisotopic (exact) mass is 300 g/mol. The molecule has 0 aromatic heterocycles. The van der Waals surface area contributed by atoms with E-state index in [9.17, 15) is 13.6 Å². The van der Waals surface area contributed by atoms with Gasteiger partial charge < -0.3 is 9.22 Å².